The third-order valence-corrected chi connectivity index (χ3v) is 1.08. The quantitative estimate of drug-likeness (QED) is 0.409. The predicted octanol–water partition coefficient (Wildman–Crippen LogP) is 0.712. The Bertz CT molecular complexity index is 169. The summed E-state index contributed by atoms with van der Waals surface area (Å²) in [5.74, 6) is -1.49. The number of aliphatic carboxylic acids is 2. The van der Waals surface area contributed by atoms with Gasteiger partial charge < -0.3 is 25.2 Å². The van der Waals surface area contributed by atoms with E-state index in [2.05, 4.69) is 4.74 Å². The average molecular weight is 354 g/mol. The van der Waals surface area contributed by atoms with Gasteiger partial charge in [-0.3, -0.25) is 33.1 Å². The number of ether oxygens (including phenoxy) is 1. The van der Waals surface area contributed by atoms with E-state index in [1.165, 1.54) is 0 Å². The van der Waals surface area contributed by atoms with Crippen molar-refractivity contribution in [2.75, 3.05) is 26.4 Å². The van der Waals surface area contributed by atoms with Gasteiger partial charge in [-0.2, -0.15) is 0 Å². The van der Waals surface area contributed by atoms with Gasteiger partial charge in [-0.25, -0.2) is 0 Å². The van der Waals surface area contributed by atoms with Crippen LogP contribution in [0.2, 0.25) is 0 Å². The van der Waals surface area contributed by atoms with E-state index in [9.17, 15) is 9.59 Å². The summed E-state index contributed by atoms with van der Waals surface area (Å²) in [6, 6.07) is 0. The first-order valence-corrected chi connectivity index (χ1v) is 5.19. The molecular weight excluding hydrogens is 327 g/mol. The first kappa shape index (κ1) is 49.9. The monoisotopic (exact) mass is 354 g/mol. The molecule has 0 amide bonds. The zero-order chi connectivity index (χ0) is 14.1. The summed E-state index contributed by atoms with van der Waals surface area (Å²) >= 11 is 0. The van der Waals surface area contributed by atoms with Crippen LogP contribution in [0, 0.1) is 0 Å². The van der Waals surface area contributed by atoms with Crippen LogP contribution in [0.25, 0.3) is 0 Å². The Balaban J connectivity index is -0.0000000203. The molecule has 0 saturated carbocycles. The van der Waals surface area contributed by atoms with Crippen molar-refractivity contribution < 1.29 is 58.3 Å². The van der Waals surface area contributed by atoms with E-state index in [0.717, 1.165) is 0 Å². The van der Waals surface area contributed by atoms with Crippen LogP contribution in [-0.2, 0) is 14.3 Å². The molecule has 0 saturated heterocycles. The summed E-state index contributed by atoms with van der Waals surface area (Å²) < 4.78 is 4.63. The highest BCUT2D eigenvalue weighted by Crippen LogP contribution is 1.68. The maximum absolute atomic E-state index is 9.37. The van der Waals surface area contributed by atoms with Gasteiger partial charge in [-0.1, -0.05) is 13.8 Å². The minimum Gasteiger partial charge on any atom is -0.481 e. The molecular formula is C10H27F5O7. The fourth-order valence-electron chi connectivity index (χ4n) is 0.231. The smallest absolute Gasteiger partial charge is 0.303 e. The van der Waals surface area contributed by atoms with Crippen LogP contribution in [0.4, 0.5) is 23.5 Å². The number of hydrogen-bond donors (Lipinski definition) is 4. The van der Waals surface area contributed by atoms with Gasteiger partial charge in [0.2, 0.25) is 0 Å². The summed E-state index contributed by atoms with van der Waals surface area (Å²) in [6.07, 6.45) is 0.444. The lowest BCUT2D eigenvalue weighted by Crippen LogP contribution is -2.03. The normalized spacial score (nSPS) is 6.36. The molecule has 7 nitrogen and oxygen atoms in total. The number of halogens is 5. The molecule has 12 heteroatoms. The van der Waals surface area contributed by atoms with Crippen LogP contribution in [0.1, 0.15) is 26.7 Å². The number of aliphatic hydroxyl groups excluding tert-OH is 2. The molecule has 0 spiro atoms. The minimum absolute atomic E-state index is 0. The maximum Gasteiger partial charge on any atom is 0.303 e. The van der Waals surface area contributed by atoms with Gasteiger partial charge in [-0.05, 0) is 0 Å². The topological polar surface area (TPSA) is 124 Å². The standard InChI is InChI=1S/C4H10O3.2C3H6O2.5FH/c5-1-3-7-4-2-6;2*1-2-3(4)5;;;;;/h5-6H,1-4H2;2*2H2,1H3,(H,4,5);5*1H. The molecule has 22 heavy (non-hydrogen) atoms. The van der Waals surface area contributed by atoms with Gasteiger partial charge >= 0.3 is 11.9 Å². The molecule has 0 heterocycles. The average Bonchev–Trinajstić information content (AvgIpc) is 2.31. The molecule has 4 N–H and O–H groups in total. The maximum atomic E-state index is 9.37. The third-order valence-electron chi connectivity index (χ3n) is 1.08. The third kappa shape index (κ3) is 135. The zero-order valence-electron chi connectivity index (χ0n) is 12.3. The number of aliphatic hydroxyl groups is 2. The van der Waals surface area contributed by atoms with Gasteiger partial charge in [0.1, 0.15) is 0 Å². The molecule has 0 rings (SSSR count). The van der Waals surface area contributed by atoms with E-state index in [1.54, 1.807) is 13.8 Å². The predicted molar refractivity (Wildman–Crippen MR) is 73.4 cm³/mol. The fraction of sp³-hybridized carbons (Fsp3) is 0.800. The number of carbonyl (C=O) groups is 2. The molecule has 0 aromatic rings. The highest BCUT2D eigenvalue weighted by molar-refractivity contribution is 5.66. The molecule has 0 bridgehead atoms. The molecule has 0 aliphatic rings. The summed E-state index contributed by atoms with van der Waals surface area (Å²) in [7, 11) is 0. The Hall–Kier alpha value is -1.53. The Kier molecular flexibility index (Phi) is 115. The van der Waals surface area contributed by atoms with Crippen LogP contribution in [-0.4, -0.2) is 58.8 Å². The van der Waals surface area contributed by atoms with Crippen molar-refractivity contribution >= 4 is 11.9 Å². The fourth-order valence-corrected chi connectivity index (χ4v) is 0.231. The van der Waals surface area contributed by atoms with Gasteiger partial charge in [0.25, 0.3) is 0 Å². The highest BCUT2D eigenvalue weighted by atomic mass is 19.0. The van der Waals surface area contributed by atoms with Crippen LogP contribution in [0.15, 0.2) is 0 Å². The van der Waals surface area contributed by atoms with E-state index in [1.807, 2.05) is 0 Å². The molecule has 0 aromatic carbocycles. The number of carboxylic acid groups (broad SMARTS) is 2. The van der Waals surface area contributed by atoms with Gasteiger partial charge in [-0.15, -0.1) is 0 Å². The second-order valence-corrected chi connectivity index (χ2v) is 2.55. The van der Waals surface area contributed by atoms with E-state index in [-0.39, 0.29) is 49.6 Å². The summed E-state index contributed by atoms with van der Waals surface area (Å²) in [4.78, 5) is 18.7. The summed E-state index contributed by atoms with van der Waals surface area (Å²) in [5, 5.41) is 31.6. The molecule has 0 aromatic heterocycles. The molecule has 0 unspecified atom stereocenters. The number of hydrogen-bond acceptors (Lipinski definition) is 5. The van der Waals surface area contributed by atoms with Crippen molar-refractivity contribution in [1.29, 1.82) is 0 Å². The zero-order valence-corrected chi connectivity index (χ0v) is 12.3. The van der Waals surface area contributed by atoms with Crippen LogP contribution in [0.3, 0.4) is 0 Å². The van der Waals surface area contributed by atoms with Crippen molar-refractivity contribution in [1.82, 2.24) is 0 Å². The Labute approximate surface area is 124 Å². The molecule has 144 valence electrons. The van der Waals surface area contributed by atoms with Crippen molar-refractivity contribution in [3.05, 3.63) is 0 Å². The van der Waals surface area contributed by atoms with Crippen LogP contribution >= 0.6 is 0 Å². The first-order chi connectivity index (χ1) is 7.95. The van der Waals surface area contributed by atoms with Crippen molar-refractivity contribution in [3.63, 3.8) is 0 Å². The van der Waals surface area contributed by atoms with Gasteiger partial charge in [0.05, 0.1) is 26.4 Å². The lowest BCUT2D eigenvalue weighted by molar-refractivity contribution is -0.137. The summed E-state index contributed by atoms with van der Waals surface area (Å²) in [5.41, 5.74) is 0. The Morgan fingerprint density at radius 3 is 1.00 bits per heavy atom. The lowest BCUT2D eigenvalue weighted by Gasteiger charge is -1.94. The molecule has 0 radical (unpaired) electrons. The number of carboxylic acids is 2. The van der Waals surface area contributed by atoms with Gasteiger partial charge in [0.15, 0.2) is 0 Å². The van der Waals surface area contributed by atoms with Crippen molar-refractivity contribution in [2.24, 2.45) is 0 Å². The second kappa shape index (κ2) is 50.5. The minimum atomic E-state index is -0.745. The van der Waals surface area contributed by atoms with Crippen molar-refractivity contribution in [2.45, 2.75) is 26.7 Å². The largest absolute Gasteiger partial charge is 0.481 e. The van der Waals surface area contributed by atoms with E-state index >= 15 is 0 Å². The first-order valence-electron chi connectivity index (χ1n) is 5.19. The Morgan fingerprint density at radius 2 is 0.909 bits per heavy atom. The van der Waals surface area contributed by atoms with Gasteiger partial charge in [0, 0.05) is 12.8 Å². The van der Waals surface area contributed by atoms with Crippen LogP contribution < -0.4 is 0 Å². The van der Waals surface area contributed by atoms with Crippen molar-refractivity contribution in [3.8, 4) is 0 Å². The molecule has 0 fully saturated rings. The second-order valence-electron chi connectivity index (χ2n) is 2.55. The SMILES string of the molecule is CCC(=O)O.CCC(=O)O.F.F.F.F.F.OCCOCCO. The molecule has 0 aliphatic heterocycles. The van der Waals surface area contributed by atoms with E-state index < -0.39 is 11.9 Å². The molecule has 0 aliphatic carbocycles. The van der Waals surface area contributed by atoms with E-state index in [0.29, 0.717) is 13.2 Å². The van der Waals surface area contributed by atoms with E-state index in [4.69, 9.17) is 20.4 Å². The highest BCUT2D eigenvalue weighted by Gasteiger charge is 1.81. The molecule has 0 atom stereocenters. The number of rotatable bonds is 6. The summed E-state index contributed by atoms with van der Waals surface area (Å²) in [6.45, 7) is 3.89. The lowest BCUT2D eigenvalue weighted by atomic mass is 10.5. The Morgan fingerprint density at radius 1 is 0.727 bits per heavy atom. The van der Waals surface area contributed by atoms with Crippen LogP contribution in [0.5, 0.6) is 0 Å².